The SMILES string of the molecule is CS(=O)(=O)N1CCC(O)C1C(=O)O. The van der Waals surface area contributed by atoms with Crippen LogP contribution in [0.5, 0.6) is 0 Å². The molecule has 2 unspecified atom stereocenters. The highest BCUT2D eigenvalue weighted by Gasteiger charge is 2.42. The van der Waals surface area contributed by atoms with Crippen LogP contribution < -0.4 is 0 Å². The molecule has 0 aliphatic carbocycles. The van der Waals surface area contributed by atoms with E-state index in [4.69, 9.17) is 5.11 Å². The second-order valence-corrected chi connectivity index (χ2v) is 4.95. The fourth-order valence-corrected chi connectivity index (χ4v) is 2.49. The molecule has 0 aromatic heterocycles. The molecule has 7 heteroatoms. The normalized spacial score (nSPS) is 30.6. The summed E-state index contributed by atoms with van der Waals surface area (Å²) in [6, 6.07) is -1.32. The monoisotopic (exact) mass is 209 g/mol. The van der Waals surface area contributed by atoms with Crippen molar-refractivity contribution in [2.75, 3.05) is 12.8 Å². The van der Waals surface area contributed by atoms with Gasteiger partial charge in [0.25, 0.3) is 0 Å². The number of rotatable bonds is 2. The first kappa shape index (κ1) is 10.4. The van der Waals surface area contributed by atoms with Crippen LogP contribution in [-0.2, 0) is 14.8 Å². The number of carboxylic acids is 1. The van der Waals surface area contributed by atoms with Crippen LogP contribution in [0.1, 0.15) is 6.42 Å². The van der Waals surface area contributed by atoms with Crippen molar-refractivity contribution >= 4 is 16.0 Å². The molecule has 0 aromatic rings. The van der Waals surface area contributed by atoms with E-state index in [0.29, 0.717) is 0 Å². The van der Waals surface area contributed by atoms with E-state index in [1.165, 1.54) is 0 Å². The Bertz CT molecular complexity index is 311. The minimum Gasteiger partial charge on any atom is -0.480 e. The van der Waals surface area contributed by atoms with Crippen LogP contribution in [0.15, 0.2) is 0 Å². The molecule has 0 aromatic carbocycles. The summed E-state index contributed by atoms with van der Waals surface area (Å²) in [5.41, 5.74) is 0. The molecule has 0 bridgehead atoms. The molecule has 76 valence electrons. The van der Waals surface area contributed by atoms with Gasteiger partial charge in [-0.25, -0.2) is 8.42 Å². The van der Waals surface area contributed by atoms with Crippen molar-refractivity contribution in [3.8, 4) is 0 Å². The number of hydrogen-bond donors (Lipinski definition) is 2. The minimum atomic E-state index is -3.54. The van der Waals surface area contributed by atoms with Gasteiger partial charge in [-0.3, -0.25) is 4.79 Å². The highest BCUT2D eigenvalue weighted by atomic mass is 32.2. The molecule has 1 rings (SSSR count). The zero-order valence-corrected chi connectivity index (χ0v) is 7.86. The second kappa shape index (κ2) is 3.24. The summed E-state index contributed by atoms with van der Waals surface area (Å²) in [5, 5.41) is 17.9. The maximum Gasteiger partial charge on any atom is 0.324 e. The third-order valence-corrected chi connectivity index (χ3v) is 3.26. The number of aliphatic hydroxyl groups is 1. The number of sulfonamides is 1. The van der Waals surface area contributed by atoms with Gasteiger partial charge in [-0.15, -0.1) is 0 Å². The van der Waals surface area contributed by atoms with Crippen molar-refractivity contribution in [2.45, 2.75) is 18.6 Å². The number of hydrogen-bond acceptors (Lipinski definition) is 4. The van der Waals surface area contributed by atoms with Gasteiger partial charge in [0.15, 0.2) is 0 Å². The summed E-state index contributed by atoms with van der Waals surface area (Å²) >= 11 is 0. The van der Waals surface area contributed by atoms with Crippen LogP contribution in [0.4, 0.5) is 0 Å². The molecule has 0 spiro atoms. The Labute approximate surface area is 75.8 Å². The molecule has 6 nitrogen and oxygen atoms in total. The quantitative estimate of drug-likeness (QED) is 0.575. The number of nitrogens with zero attached hydrogens (tertiary/aromatic N) is 1. The van der Waals surface area contributed by atoms with Gasteiger partial charge < -0.3 is 10.2 Å². The van der Waals surface area contributed by atoms with Crippen LogP contribution in [0.2, 0.25) is 0 Å². The van der Waals surface area contributed by atoms with Crippen molar-refractivity contribution in [3.63, 3.8) is 0 Å². The largest absolute Gasteiger partial charge is 0.480 e. The van der Waals surface area contributed by atoms with Crippen molar-refractivity contribution in [1.29, 1.82) is 0 Å². The van der Waals surface area contributed by atoms with Gasteiger partial charge in [0.2, 0.25) is 10.0 Å². The number of carboxylic acid groups (broad SMARTS) is 1. The van der Waals surface area contributed by atoms with Crippen LogP contribution in [-0.4, -0.2) is 53.9 Å². The van der Waals surface area contributed by atoms with E-state index in [-0.39, 0.29) is 13.0 Å². The average Bonchev–Trinajstić information content (AvgIpc) is 2.28. The highest BCUT2D eigenvalue weighted by molar-refractivity contribution is 7.88. The smallest absolute Gasteiger partial charge is 0.324 e. The zero-order chi connectivity index (χ0) is 10.2. The summed E-state index contributed by atoms with van der Waals surface area (Å²) in [6.45, 7) is 0.0664. The molecular weight excluding hydrogens is 198 g/mol. The standard InChI is InChI=1S/C6H11NO5S/c1-13(11,12)7-3-2-4(8)5(7)6(9)10/h4-5,8H,2-3H2,1H3,(H,9,10). The third-order valence-electron chi connectivity index (χ3n) is 2.00. The van der Waals surface area contributed by atoms with Crippen molar-refractivity contribution < 1.29 is 23.4 Å². The Hall–Kier alpha value is -0.660. The van der Waals surface area contributed by atoms with E-state index in [1.54, 1.807) is 0 Å². The van der Waals surface area contributed by atoms with E-state index in [2.05, 4.69) is 0 Å². The maximum absolute atomic E-state index is 11.0. The molecule has 1 aliphatic heterocycles. The summed E-state index contributed by atoms with van der Waals surface area (Å²) in [4.78, 5) is 10.6. The fourth-order valence-electron chi connectivity index (χ4n) is 1.41. The van der Waals surface area contributed by atoms with E-state index in [0.717, 1.165) is 10.6 Å². The molecule has 0 saturated carbocycles. The Kier molecular flexibility index (Phi) is 2.60. The van der Waals surface area contributed by atoms with Gasteiger partial charge in [0.1, 0.15) is 6.04 Å². The molecule has 0 radical (unpaired) electrons. The highest BCUT2D eigenvalue weighted by Crippen LogP contribution is 2.20. The lowest BCUT2D eigenvalue weighted by molar-refractivity contribution is -0.143. The topological polar surface area (TPSA) is 94.9 Å². The predicted octanol–water partition coefficient (Wildman–Crippen LogP) is -1.53. The molecule has 2 atom stereocenters. The van der Waals surface area contributed by atoms with Gasteiger partial charge in [-0.05, 0) is 6.42 Å². The number of aliphatic carboxylic acids is 1. The first-order valence-corrected chi connectivity index (χ1v) is 5.56. The molecular formula is C6H11NO5S. The van der Waals surface area contributed by atoms with Crippen molar-refractivity contribution in [1.82, 2.24) is 4.31 Å². The molecule has 13 heavy (non-hydrogen) atoms. The lowest BCUT2D eigenvalue weighted by Crippen LogP contribution is -2.44. The second-order valence-electron chi connectivity index (χ2n) is 3.01. The molecule has 1 aliphatic rings. The average molecular weight is 209 g/mol. The zero-order valence-electron chi connectivity index (χ0n) is 7.04. The Morgan fingerprint density at radius 1 is 1.54 bits per heavy atom. The van der Waals surface area contributed by atoms with Crippen molar-refractivity contribution in [2.24, 2.45) is 0 Å². The Morgan fingerprint density at radius 3 is 2.38 bits per heavy atom. The molecule has 1 saturated heterocycles. The van der Waals surface area contributed by atoms with Gasteiger partial charge in [0, 0.05) is 6.54 Å². The first-order valence-electron chi connectivity index (χ1n) is 3.71. The summed E-state index contributed by atoms with van der Waals surface area (Å²) < 4.78 is 22.9. The lowest BCUT2D eigenvalue weighted by atomic mass is 10.2. The van der Waals surface area contributed by atoms with E-state index < -0.39 is 28.1 Å². The van der Waals surface area contributed by atoms with Gasteiger partial charge in [-0.1, -0.05) is 0 Å². The van der Waals surface area contributed by atoms with E-state index >= 15 is 0 Å². The van der Waals surface area contributed by atoms with E-state index in [9.17, 15) is 18.3 Å². The lowest BCUT2D eigenvalue weighted by Gasteiger charge is -2.19. The van der Waals surface area contributed by atoms with Gasteiger partial charge in [-0.2, -0.15) is 4.31 Å². The van der Waals surface area contributed by atoms with Crippen LogP contribution in [0.3, 0.4) is 0 Å². The van der Waals surface area contributed by atoms with Crippen molar-refractivity contribution in [3.05, 3.63) is 0 Å². The van der Waals surface area contributed by atoms with E-state index in [1.807, 2.05) is 0 Å². The summed E-state index contributed by atoms with van der Waals surface area (Å²) in [5.74, 6) is -1.31. The summed E-state index contributed by atoms with van der Waals surface area (Å²) in [7, 11) is -3.54. The third kappa shape index (κ3) is 1.98. The molecule has 1 fully saturated rings. The molecule has 1 heterocycles. The first-order chi connectivity index (χ1) is 5.84. The fraction of sp³-hybridized carbons (Fsp3) is 0.833. The van der Waals surface area contributed by atoms with Crippen LogP contribution in [0.25, 0.3) is 0 Å². The Balaban J connectivity index is 2.95. The van der Waals surface area contributed by atoms with Crippen LogP contribution >= 0.6 is 0 Å². The van der Waals surface area contributed by atoms with Crippen LogP contribution in [0, 0.1) is 0 Å². The number of aliphatic hydroxyl groups excluding tert-OH is 1. The minimum absolute atomic E-state index is 0.0664. The number of carbonyl (C=O) groups is 1. The molecule has 2 N–H and O–H groups in total. The molecule has 0 amide bonds. The van der Waals surface area contributed by atoms with Gasteiger partial charge in [0.05, 0.1) is 12.4 Å². The predicted molar refractivity (Wildman–Crippen MR) is 43.6 cm³/mol. The maximum atomic E-state index is 11.0. The summed E-state index contributed by atoms with van der Waals surface area (Å²) in [6.07, 6.45) is -0.00222. The van der Waals surface area contributed by atoms with Gasteiger partial charge >= 0.3 is 5.97 Å². The Morgan fingerprint density at radius 2 is 2.08 bits per heavy atom.